The molecule has 0 aliphatic carbocycles. The second-order valence-electron chi connectivity index (χ2n) is 4.84. The summed E-state index contributed by atoms with van der Waals surface area (Å²) in [5.41, 5.74) is 3.22. The van der Waals surface area contributed by atoms with Gasteiger partial charge >= 0.3 is 0 Å². The molecule has 0 atom stereocenters. The summed E-state index contributed by atoms with van der Waals surface area (Å²) >= 11 is 0. The third kappa shape index (κ3) is 3.45. The Balaban J connectivity index is 1.95. The smallest absolute Gasteiger partial charge is 0.184 e. The van der Waals surface area contributed by atoms with Gasteiger partial charge in [0, 0.05) is 0 Å². The van der Waals surface area contributed by atoms with Crippen LogP contribution in [0.25, 0.3) is 5.57 Å². The molecule has 0 unspecified atom stereocenters. The highest BCUT2D eigenvalue weighted by molar-refractivity contribution is 5.82. The molecule has 3 rings (SSSR count). The van der Waals surface area contributed by atoms with Crippen LogP contribution in [-0.2, 0) is 14.3 Å². The first-order chi connectivity index (χ1) is 10.3. The van der Waals surface area contributed by atoms with E-state index in [9.17, 15) is 4.79 Å². The summed E-state index contributed by atoms with van der Waals surface area (Å²) in [6.07, 6.45) is 1.44. The number of ether oxygens (including phenoxy) is 2. The predicted octanol–water partition coefficient (Wildman–Crippen LogP) is 3.06. The first-order valence-corrected chi connectivity index (χ1v) is 6.90. The second-order valence-corrected chi connectivity index (χ2v) is 4.84. The van der Waals surface area contributed by atoms with Crippen LogP contribution < -0.4 is 0 Å². The maximum atomic E-state index is 11.2. The van der Waals surface area contributed by atoms with Crippen LogP contribution in [-0.4, -0.2) is 25.3 Å². The average Bonchev–Trinajstić information content (AvgIpc) is 2.56. The average molecular weight is 280 g/mol. The largest absolute Gasteiger partial charge is 0.341 e. The number of carbonyl (C=O) groups is 1. The lowest BCUT2D eigenvalue weighted by Gasteiger charge is -2.21. The van der Waals surface area contributed by atoms with Crippen molar-refractivity contribution in [2.24, 2.45) is 0 Å². The lowest BCUT2D eigenvalue weighted by atomic mass is 9.97. The maximum absolute atomic E-state index is 11.2. The van der Waals surface area contributed by atoms with Gasteiger partial charge < -0.3 is 9.47 Å². The molecule has 21 heavy (non-hydrogen) atoms. The van der Waals surface area contributed by atoms with Crippen molar-refractivity contribution in [3.8, 4) is 0 Å². The fourth-order valence-electron chi connectivity index (χ4n) is 2.27. The van der Waals surface area contributed by atoms with Crippen LogP contribution in [0.1, 0.15) is 11.1 Å². The van der Waals surface area contributed by atoms with Crippen molar-refractivity contribution in [1.29, 1.82) is 0 Å². The summed E-state index contributed by atoms with van der Waals surface area (Å²) < 4.78 is 10.8. The molecule has 2 aromatic rings. The van der Waals surface area contributed by atoms with Crippen molar-refractivity contribution in [2.45, 2.75) is 6.29 Å². The first kappa shape index (κ1) is 13.7. The minimum Gasteiger partial charge on any atom is -0.341 e. The molecular weight excluding hydrogens is 264 g/mol. The maximum Gasteiger partial charge on any atom is 0.184 e. The third-order valence-corrected chi connectivity index (χ3v) is 3.29. The molecular formula is C18H16O3. The number of ketones is 1. The topological polar surface area (TPSA) is 35.5 Å². The zero-order valence-electron chi connectivity index (χ0n) is 11.6. The van der Waals surface area contributed by atoms with Crippen molar-refractivity contribution >= 4 is 11.4 Å². The van der Waals surface area contributed by atoms with Gasteiger partial charge in [-0.15, -0.1) is 0 Å². The molecule has 1 saturated heterocycles. The SMILES string of the molecule is O=C1COC(C=C(c2ccccc2)c2ccccc2)OC1. The molecule has 1 aliphatic heterocycles. The predicted molar refractivity (Wildman–Crippen MR) is 80.7 cm³/mol. The highest BCUT2D eigenvalue weighted by Crippen LogP contribution is 2.24. The van der Waals surface area contributed by atoms with Gasteiger partial charge in [0.15, 0.2) is 12.1 Å². The number of carbonyl (C=O) groups excluding carboxylic acids is 1. The fourth-order valence-corrected chi connectivity index (χ4v) is 2.27. The number of hydrogen-bond acceptors (Lipinski definition) is 3. The van der Waals surface area contributed by atoms with Crippen LogP contribution in [0.4, 0.5) is 0 Å². The normalized spacial score (nSPS) is 15.7. The third-order valence-electron chi connectivity index (χ3n) is 3.29. The Morgan fingerprint density at radius 3 is 1.81 bits per heavy atom. The molecule has 0 amide bonds. The van der Waals surface area contributed by atoms with Crippen molar-refractivity contribution in [1.82, 2.24) is 0 Å². The van der Waals surface area contributed by atoms with Gasteiger partial charge in [0.2, 0.25) is 0 Å². The highest BCUT2D eigenvalue weighted by Gasteiger charge is 2.19. The Bertz CT molecular complexity index is 581. The van der Waals surface area contributed by atoms with Gasteiger partial charge in [-0.3, -0.25) is 4.79 Å². The summed E-state index contributed by atoms with van der Waals surface area (Å²) in [6.45, 7) is 0.218. The van der Waals surface area contributed by atoms with Gasteiger partial charge in [-0.05, 0) is 22.8 Å². The highest BCUT2D eigenvalue weighted by atomic mass is 16.7. The molecule has 0 radical (unpaired) electrons. The van der Waals surface area contributed by atoms with E-state index in [1.54, 1.807) is 0 Å². The van der Waals surface area contributed by atoms with Gasteiger partial charge in [-0.1, -0.05) is 60.7 Å². The minimum absolute atomic E-state index is 0.0272. The van der Waals surface area contributed by atoms with Crippen LogP contribution in [0, 0.1) is 0 Å². The second kappa shape index (κ2) is 6.48. The number of hydrogen-bond donors (Lipinski definition) is 0. The standard InChI is InChI=1S/C18H16O3/c19-16-12-20-18(21-13-16)11-17(14-7-3-1-4-8-14)15-9-5-2-6-10-15/h1-11,18H,12-13H2. The Morgan fingerprint density at radius 1 is 0.857 bits per heavy atom. The Hall–Kier alpha value is -2.23. The molecule has 0 N–H and O–H groups in total. The van der Waals surface area contributed by atoms with E-state index in [0.717, 1.165) is 16.7 Å². The van der Waals surface area contributed by atoms with Crippen molar-refractivity contribution in [3.63, 3.8) is 0 Å². The van der Waals surface area contributed by atoms with Gasteiger partial charge in [0.1, 0.15) is 13.2 Å². The van der Waals surface area contributed by atoms with Crippen molar-refractivity contribution in [3.05, 3.63) is 77.9 Å². The van der Waals surface area contributed by atoms with E-state index >= 15 is 0 Å². The van der Waals surface area contributed by atoms with Crippen LogP contribution >= 0.6 is 0 Å². The minimum atomic E-state index is -0.488. The van der Waals surface area contributed by atoms with Gasteiger partial charge in [0.25, 0.3) is 0 Å². The summed E-state index contributed by atoms with van der Waals surface area (Å²) in [5, 5.41) is 0. The molecule has 1 heterocycles. The van der Waals surface area contributed by atoms with Gasteiger partial charge in [-0.2, -0.15) is 0 Å². The summed E-state index contributed by atoms with van der Waals surface area (Å²) in [4.78, 5) is 11.2. The lowest BCUT2D eigenvalue weighted by Crippen LogP contribution is -2.31. The molecule has 0 spiro atoms. The van der Waals surface area contributed by atoms with Crippen LogP contribution in [0.15, 0.2) is 66.7 Å². The Kier molecular flexibility index (Phi) is 4.24. The van der Waals surface area contributed by atoms with E-state index < -0.39 is 6.29 Å². The Morgan fingerprint density at radius 2 is 1.33 bits per heavy atom. The van der Waals surface area contributed by atoms with E-state index in [2.05, 4.69) is 0 Å². The molecule has 0 bridgehead atoms. The van der Waals surface area contributed by atoms with Crippen LogP contribution in [0.3, 0.4) is 0 Å². The molecule has 2 aromatic carbocycles. The van der Waals surface area contributed by atoms with E-state index in [1.807, 2.05) is 66.7 Å². The number of rotatable bonds is 3. The molecule has 3 nitrogen and oxygen atoms in total. The number of Topliss-reactive ketones (excluding diaryl/α,β-unsaturated/α-hetero) is 1. The zero-order chi connectivity index (χ0) is 14.5. The first-order valence-electron chi connectivity index (χ1n) is 6.90. The van der Waals surface area contributed by atoms with E-state index in [-0.39, 0.29) is 19.0 Å². The van der Waals surface area contributed by atoms with Crippen molar-refractivity contribution in [2.75, 3.05) is 13.2 Å². The molecule has 1 fully saturated rings. The molecule has 0 saturated carbocycles. The van der Waals surface area contributed by atoms with Crippen LogP contribution in [0.2, 0.25) is 0 Å². The lowest BCUT2D eigenvalue weighted by molar-refractivity contribution is -0.170. The zero-order valence-corrected chi connectivity index (χ0v) is 11.6. The quantitative estimate of drug-likeness (QED) is 0.867. The molecule has 3 heteroatoms. The Labute approximate surface area is 123 Å². The number of benzene rings is 2. The molecule has 0 aromatic heterocycles. The van der Waals surface area contributed by atoms with E-state index in [1.165, 1.54) is 0 Å². The summed E-state index contributed by atoms with van der Waals surface area (Å²) in [7, 11) is 0. The van der Waals surface area contributed by atoms with Gasteiger partial charge in [0.05, 0.1) is 0 Å². The fraction of sp³-hybridized carbons (Fsp3) is 0.167. The van der Waals surface area contributed by atoms with Crippen LogP contribution in [0.5, 0.6) is 0 Å². The summed E-state index contributed by atoms with van der Waals surface area (Å²) in [5.74, 6) is -0.0272. The monoisotopic (exact) mass is 280 g/mol. The molecule has 106 valence electrons. The molecule has 1 aliphatic rings. The summed E-state index contributed by atoms with van der Waals surface area (Å²) in [6, 6.07) is 20.2. The van der Waals surface area contributed by atoms with E-state index in [0.29, 0.717) is 0 Å². The van der Waals surface area contributed by atoms with Crippen molar-refractivity contribution < 1.29 is 14.3 Å². The van der Waals surface area contributed by atoms with Gasteiger partial charge in [-0.25, -0.2) is 0 Å². The van der Waals surface area contributed by atoms with E-state index in [4.69, 9.17) is 9.47 Å².